The van der Waals surface area contributed by atoms with Crippen molar-refractivity contribution in [1.29, 1.82) is 0 Å². The highest BCUT2D eigenvalue weighted by Crippen LogP contribution is 2.27. The van der Waals surface area contributed by atoms with Crippen molar-refractivity contribution in [3.8, 4) is 11.1 Å². The zero-order chi connectivity index (χ0) is 23.5. The monoisotopic (exact) mass is 443 g/mol. The van der Waals surface area contributed by atoms with E-state index in [4.69, 9.17) is 0 Å². The summed E-state index contributed by atoms with van der Waals surface area (Å²) < 4.78 is 0. The summed E-state index contributed by atoms with van der Waals surface area (Å²) in [6.07, 6.45) is 14.6. The molecule has 0 atom stereocenters. The number of benzene rings is 1. The molecule has 1 amide bonds. The Balaban J connectivity index is 1.90. The first-order chi connectivity index (χ1) is 16.1. The van der Waals surface area contributed by atoms with Gasteiger partial charge in [-0.15, -0.1) is 0 Å². The van der Waals surface area contributed by atoms with Crippen LogP contribution in [0.25, 0.3) is 11.1 Å². The first-order valence-corrected chi connectivity index (χ1v) is 11.6. The van der Waals surface area contributed by atoms with Crippen molar-refractivity contribution in [3.63, 3.8) is 0 Å². The van der Waals surface area contributed by atoms with Gasteiger partial charge < -0.3 is 10.2 Å². The van der Waals surface area contributed by atoms with Crippen LogP contribution in [0.15, 0.2) is 71.7 Å². The maximum absolute atomic E-state index is 13.0. The van der Waals surface area contributed by atoms with Crippen molar-refractivity contribution < 1.29 is 4.79 Å². The van der Waals surface area contributed by atoms with E-state index in [0.717, 1.165) is 47.5 Å². The molecule has 172 valence electrons. The second-order valence-corrected chi connectivity index (χ2v) is 8.06. The molecular weight excluding hydrogens is 410 g/mol. The van der Waals surface area contributed by atoms with Gasteiger partial charge in [0, 0.05) is 55.6 Å². The lowest BCUT2D eigenvalue weighted by atomic mass is 9.97. The zero-order valence-corrected chi connectivity index (χ0v) is 19.6. The lowest BCUT2D eigenvalue weighted by molar-refractivity contribution is -0.113. The summed E-state index contributed by atoms with van der Waals surface area (Å²) in [4.78, 5) is 28.5. The van der Waals surface area contributed by atoms with Crippen molar-refractivity contribution in [2.75, 3.05) is 24.5 Å². The molecule has 3 rings (SSSR count). The van der Waals surface area contributed by atoms with E-state index < -0.39 is 0 Å². The third-order valence-electron chi connectivity index (χ3n) is 5.55. The molecule has 1 aliphatic rings. The predicted molar refractivity (Wildman–Crippen MR) is 138 cm³/mol. The van der Waals surface area contributed by atoms with Gasteiger partial charge in [-0.05, 0) is 55.9 Å². The Morgan fingerprint density at radius 1 is 1.18 bits per heavy atom. The summed E-state index contributed by atoms with van der Waals surface area (Å²) in [6.45, 7) is 10.3. The first kappa shape index (κ1) is 24.1. The van der Waals surface area contributed by atoms with Crippen LogP contribution in [0.4, 0.5) is 5.69 Å². The zero-order valence-electron chi connectivity index (χ0n) is 19.6. The van der Waals surface area contributed by atoms with E-state index in [1.807, 2.05) is 38.4 Å². The van der Waals surface area contributed by atoms with Crippen molar-refractivity contribution in [3.05, 3.63) is 72.8 Å². The largest absolute Gasteiger partial charge is 0.370 e. The van der Waals surface area contributed by atoms with E-state index in [-0.39, 0.29) is 5.91 Å². The van der Waals surface area contributed by atoms with E-state index in [2.05, 4.69) is 43.9 Å². The van der Waals surface area contributed by atoms with Crippen LogP contribution in [0.2, 0.25) is 0 Å². The number of carbonyl (C=O) groups is 1. The lowest BCUT2D eigenvalue weighted by Gasteiger charge is -2.28. The number of aliphatic imine (C=N–C) groups is 2. The number of amides is 1. The summed E-state index contributed by atoms with van der Waals surface area (Å²) in [7, 11) is 0. The van der Waals surface area contributed by atoms with Crippen molar-refractivity contribution in [1.82, 2.24) is 10.3 Å². The highest BCUT2D eigenvalue weighted by molar-refractivity contribution is 6.46. The number of hydrogen-bond acceptors (Lipinski definition) is 5. The number of aromatic nitrogens is 1. The summed E-state index contributed by atoms with van der Waals surface area (Å²) >= 11 is 0. The molecule has 0 saturated carbocycles. The lowest BCUT2D eigenvalue weighted by Crippen LogP contribution is -2.29. The summed E-state index contributed by atoms with van der Waals surface area (Å²) in [5.41, 5.74) is 5.45. The summed E-state index contributed by atoms with van der Waals surface area (Å²) in [5, 5.41) is 2.77. The van der Waals surface area contributed by atoms with Crippen molar-refractivity contribution >= 4 is 23.5 Å². The van der Waals surface area contributed by atoms with Crippen LogP contribution >= 0.6 is 0 Å². The topological polar surface area (TPSA) is 70.0 Å². The fourth-order valence-corrected chi connectivity index (χ4v) is 3.81. The molecule has 0 unspecified atom stereocenters. The van der Waals surface area contributed by atoms with Gasteiger partial charge in [0.25, 0.3) is 5.91 Å². The van der Waals surface area contributed by atoms with Gasteiger partial charge in [0.15, 0.2) is 0 Å². The molecule has 1 aromatic heterocycles. The third kappa shape index (κ3) is 6.72. The van der Waals surface area contributed by atoms with Crippen molar-refractivity contribution in [2.45, 2.75) is 39.5 Å². The summed E-state index contributed by atoms with van der Waals surface area (Å²) in [6, 6.07) is 8.35. The Labute approximate surface area is 196 Å². The van der Waals surface area contributed by atoms with E-state index in [1.165, 1.54) is 31.7 Å². The standard InChI is InChI=1S/C27H33N5O/c1-4-11-28-13-14-31-27(33)26(30-12-5-2)25-18-22(10-9-21(25)3)23-17-24(20-29-19-23)32-15-7-6-8-16-32/h4,9-11,13-14,17-20H,1,5-8,12,15-16H2,2-3H3,(H,31,33)/b14-13+,28-11-,30-26+. The maximum Gasteiger partial charge on any atom is 0.274 e. The van der Waals surface area contributed by atoms with Gasteiger partial charge in [-0.1, -0.05) is 31.7 Å². The molecule has 0 radical (unpaired) electrons. The summed E-state index contributed by atoms with van der Waals surface area (Å²) in [5.74, 6) is -0.256. The van der Waals surface area contributed by atoms with E-state index in [9.17, 15) is 4.79 Å². The second-order valence-electron chi connectivity index (χ2n) is 8.06. The molecular formula is C27H33N5O. The Morgan fingerprint density at radius 2 is 2.00 bits per heavy atom. The first-order valence-electron chi connectivity index (χ1n) is 11.6. The van der Waals surface area contributed by atoms with Gasteiger partial charge in [-0.2, -0.15) is 0 Å². The molecule has 1 aliphatic heterocycles. The normalized spacial score (nSPS) is 14.7. The number of aryl methyl sites for hydroxylation is 1. The quantitative estimate of drug-likeness (QED) is 0.549. The highest BCUT2D eigenvalue weighted by atomic mass is 16.1. The molecule has 6 heteroatoms. The second kappa shape index (κ2) is 12.5. The van der Waals surface area contributed by atoms with Gasteiger partial charge in [0.1, 0.15) is 5.71 Å². The molecule has 1 saturated heterocycles. The molecule has 1 N–H and O–H groups in total. The molecule has 2 heterocycles. The molecule has 0 bridgehead atoms. The number of anilines is 1. The fourth-order valence-electron chi connectivity index (χ4n) is 3.81. The average Bonchev–Trinajstić information content (AvgIpc) is 2.85. The number of rotatable bonds is 9. The van der Waals surface area contributed by atoms with Crippen LogP contribution in [0.3, 0.4) is 0 Å². The minimum absolute atomic E-state index is 0.256. The molecule has 1 fully saturated rings. The van der Waals surface area contributed by atoms with Crippen LogP contribution in [0.1, 0.15) is 43.7 Å². The van der Waals surface area contributed by atoms with Crippen LogP contribution in [0, 0.1) is 6.92 Å². The van der Waals surface area contributed by atoms with Crippen molar-refractivity contribution in [2.24, 2.45) is 9.98 Å². The van der Waals surface area contributed by atoms with Gasteiger partial charge >= 0.3 is 0 Å². The minimum atomic E-state index is -0.256. The number of allylic oxidation sites excluding steroid dienone is 1. The average molecular weight is 444 g/mol. The Bertz CT molecular complexity index is 1050. The minimum Gasteiger partial charge on any atom is -0.370 e. The van der Waals surface area contributed by atoms with E-state index in [0.29, 0.717) is 12.3 Å². The maximum atomic E-state index is 13.0. The van der Waals surface area contributed by atoms with Gasteiger partial charge in [0.2, 0.25) is 0 Å². The van der Waals surface area contributed by atoms with E-state index >= 15 is 0 Å². The highest BCUT2D eigenvalue weighted by Gasteiger charge is 2.17. The van der Waals surface area contributed by atoms with Gasteiger partial charge in [0.05, 0.1) is 11.9 Å². The molecule has 0 spiro atoms. The Kier molecular flexibility index (Phi) is 9.12. The molecule has 6 nitrogen and oxygen atoms in total. The van der Waals surface area contributed by atoms with Gasteiger partial charge in [-0.25, -0.2) is 0 Å². The molecule has 1 aromatic carbocycles. The number of nitrogens with one attached hydrogen (secondary N) is 1. The number of hydrogen-bond donors (Lipinski definition) is 1. The van der Waals surface area contributed by atoms with Gasteiger partial charge in [-0.3, -0.25) is 19.8 Å². The third-order valence-corrected chi connectivity index (χ3v) is 5.55. The predicted octanol–water partition coefficient (Wildman–Crippen LogP) is 5.09. The Hall–Kier alpha value is -3.54. The number of pyridine rings is 1. The number of carbonyl (C=O) groups excluding carboxylic acids is 1. The van der Waals surface area contributed by atoms with E-state index in [1.54, 1.807) is 12.3 Å². The van der Waals surface area contributed by atoms with Crippen LogP contribution < -0.4 is 10.2 Å². The number of piperidine rings is 1. The van der Waals surface area contributed by atoms with Crippen LogP contribution in [-0.4, -0.2) is 42.5 Å². The fraction of sp³-hybridized carbons (Fsp3) is 0.333. The molecule has 33 heavy (non-hydrogen) atoms. The van der Waals surface area contributed by atoms with Crippen LogP contribution in [-0.2, 0) is 4.79 Å². The smallest absolute Gasteiger partial charge is 0.274 e. The number of nitrogens with zero attached hydrogens (tertiary/aromatic N) is 4. The molecule has 0 aliphatic carbocycles. The Morgan fingerprint density at radius 3 is 2.76 bits per heavy atom. The molecule has 2 aromatic rings. The van der Waals surface area contributed by atoms with Crippen LogP contribution in [0.5, 0.6) is 0 Å². The SMILES string of the molecule is C=C/C=N\C=C\NC(=O)/C(=N/CCC)c1cc(-c2cncc(N3CCCCC3)c2)ccc1C.